The molecule has 88 valence electrons. The van der Waals surface area contributed by atoms with Gasteiger partial charge >= 0.3 is 0 Å². The third-order valence-electron chi connectivity index (χ3n) is 3.13. The van der Waals surface area contributed by atoms with Gasteiger partial charge in [0.05, 0.1) is 0 Å². The second-order valence-corrected chi connectivity index (χ2v) is 4.48. The molecule has 1 fully saturated rings. The van der Waals surface area contributed by atoms with Gasteiger partial charge in [0.15, 0.2) is 5.78 Å². The Hall–Kier alpha value is -1.16. The van der Waals surface area contributed by atoms with E-state index in [1.54, 1.807) is 10.7 Å². The quantitative estimate of drug-likeness (QED) is 0.784. The molecule has 0 amide bonds. The maximum Gasteiger partial charge on any atom is 0.183 e. The molecule has 0 radical (unpaired) electrons. The number of hydrogen-bond acceptors (Lipinski definition) is 3. The van der Waals surface area contributed by atoms with Crippen LogP contribution in [0.25, 0.3) is 0 Å². The zero-order valence-corrected chi connectivity index (χ0v) is 9.78. The Bertz CT molecular complexity index is 353. The summed E-state index contributed by atoms with van der Waals surface area (Å²) in [6.07, 6.45) is 7.12. The van der Waals surface area contributed by atoms with E-state index in [9.17, 15) is 4.79 Å². The molecule has 1 aliphatic heterocycles. The van der Waals surface area contributed by atoms with Crippen molar-refractivity contribution in [2.24, 2.45) is 7.05 Å². The first-order chi connectivity index (χ1) is 7.75. The molecule has 2 heterocycles. The van der Waals surface area contributed by atoms with E-state index in [-0.39, 0.29) is 5.78 Å². The van der Waals surface area contributed by atoms with E-state index in [1.807, 2.05) is 13.2 Å². The number of nitrogens with zero attached hydrogens (tertiary/aromatic N) is 2. The molecule has 4 heteroatoms. The number of ketones is 1. The molecular weight excluding hydrogens is 202 g/mol. The Morgan fingerprint density at radius 2 is 2.50 bits per heavy atom. The van der Waals surface area contributed by atoms with Crippen LogP contribution in [0.2, 0.25) is 0 Å². The molecule has 0 aliphatic carbocycles. The average molecular weight is 221 g/mol. The molecule has 16 heavy (non-hydrogen) atoms. The number of Topliss-reactive ketones (excluding diaryl/α,β-unsaturated/α-hetero) is 1. The maximum atomic E-state index is 11.8. The summed E-state index contributed by atoms with van der Waals surface area (Å²) in [6.45, 7) is 1.10. The molecule has 0 saturated carbocycles. The first-order valence-corrected chi connectivity index (χ1v) is 6.02. The number of piperidine rings is 1. The lowest BCUT2D eigenvalue weighted by atomic mass is 9.99. The molecule has 1 atom stereocenters. The Morgan fingerprint density at radius 1 is 1.62 bits per heavy atom. The van der Waals surface area contributed by atoms with Crippen LogP contribution in [-0.2, 0) is 7.05 Å². The van der Waals surface area contributed by atoms with Crippen molar-refractivity contribution in [1.29, 1.82) is 0 Å². The highest BCUT2D eigenvalue weighted by molar-refractivity contribution is 5.94. The highest BCUT2D eigenvalue weighted by Gasteiger charge is 2.15. The molecule has 0 bridgehead atoms. The van der Waals surface area contributed by atoms with Gasteiger partial charge in [-0.05, 0) is 31.9 Å². The van der Waals surface area contributed by atoms with Crippen molar-refractivity contribution in [3.05, 3.63) is 18.0 Å². The molecule has 0 aromatic carbocycles. The summed E-state index contributed by atoms with van der Waals surface area (Å²) in [7, 11) is 1.83. The molecular formula is C12H19N3O. The zero-order chi connectivity index (χ0) is 11.4. The average Bonchev–Trinajstić information content (AvgIpc) is 2.74. The van der Waals surface area contributed by atoms with Crippen LogP contribution >= 0.6 is 0 Å². The highest BCUT2D eigenvalue weighted by atomic mass is 16.1. The van der Waals surface area contributed by atoms with Crippen LogP contribution in [0, 0.1) is 0 Å². The topological polar surface area (TPSA) is 46.9 Å². The minimum absolute atomic E-state index is 0.160. The summed E-state index contributed by atoms with van der Waals surface area (Å²) in [4.78, 5) is 11.8. The molecule has 1 N–H and O–H groups in total. The molecule has 4 nitrogen and oxygen atoms in total. The third kappa shape index (κ3) is 2.92. The zero-order valence-electron chi connectivity index (χ0n) is 9.78. The summed E-state index contributed by atoms with van der Waals surface area (Å²) in [6, 6.07) is 2.32. The predicted molar refractivity (Wildman–Crippen MR) is 62.4 cm³/mol. The Morgan fingerprint density at radius 3 is 3.12 bits per heavy atom. The van der Waals surface area contributed by atoms with Crippen LogP contribution in [0.15, 0.2) is 12.3 Å². The van der Waals surface area contributed by atoms with Gasteiger partial charge in [0.25, 0.3) is 0 Å². The van der Waals surface area contributed by atoms with Crippen LogP contribution in [0.1, 0.15) is 42.6 Å². The summed E-state index contributed by atoms with van der Waals surface area (Å²) in [5, 5.41) is 7.57. The van der Waals surface area contributed by atoms with E-state index in [1.165, 1.54) is 19.3 Å². The van der Waals surface area contributed by atoms with E-state index in [0.29, 0.717) is 18.2 Å². The smallest absolute Gasteiger partial charge is 0.183 e. The normalized spacial score (nSPS) is 20.9. The fourth-order valence-electron chi connectivity index (χ4n) is 2.17. The Kier molecular flexibility index (Phi) is 3.72. The van der Waals surface area contributed by atoms with Gasteiger partial charge in [-0.3, -0.25) is 9.48 Å². The number of aryl methyl sites for hydroxylation is 1. The summed E-state index contributed by atoms with van der Waals surface area (Å²) in [5.74, 6) is 0.160. The number of aromatic nitrogens is 2. The molecule has 1 aliphatic rings. The van der Waals surface area contributed by atoms with Crippen molar-refractivity contribution in [3.63, 3.8) is 0 Å². The summed E-state index contributed by atoms with van der Waals surface area (Å²) >= 11 is 0. The second-order valence-electron chi connectivity index (χ2n) is 4.48. The van der Waals surface area contributed by atoms with Gasteiger partial charge < -0.3 is 5.32 Å². The number of carbonyl (C=O) groups is 1. The third-order valence-corrected chi connectivity index (χ3v) is 3.13. The van der Waals surface area contributed by atoms with Gasteiger partial charge in [0.1, 0.15) is 5.69 Å². The largest absolute Gasteiger partial charge is 0.314 e. The van der Waals surface area contributed by atoms with Crippen LogP contribution in [0.4, 0.5) is 0 Å². The number of hydrogen-bond donors (Lipinski definition) is 1. The van der Waals surface area contributed by atoms with Crippen LogP contribution in [-0.4, -0.2) is 28.2 Å². The van der Waals surface area contributed by atoms with E-state index in [2.05, 4.69) is 10.4 Å². The second kappa shape index (κ2) is 5.25. The van der Waals surface area contributed by atoms with Crippen molar-refractivity contribution in [2.45, 2.75) is 38.1 Å². The van der Waals surface area contributed by atoms with Gasteiger partial charge in [0, 0.05) is 25.7 Å². The minimum Gasteiger partial charge on any atom is -0.314 e. The van der Waals surface area contributed by atoms with Gasteiger partial charge in [-0.15, -0.1) is 0 Å². The fraction of sp³-hybridized carbons (Fsp3) is 0.667. The van der Waals surface area contributed by atoms with Crippen molar-refractivity contribution < 1.29 is 4.79 Å². The predicted octanol–water partition coefficient (Wildman–Crippen LogP) is 1.53. The van der Waals surface area contributed by atoms with Crippen molar-refractivity contribution in [1.82, 2.24) is 15.1 Å². The van der Waals surface area contributed by atoms with Crippen molar-refractivity contribution in [3.8, 4) is 0 Å². The van der Waals surface area contributed by atoms with Crippen molar-refractivity contribution in [2.75, 3.05) is 6.54 Å². The lowest BCUT2D eigenvalue weighted by Gasteiger charge is -2.22. The Balaban J connectivity index is 1.79. The van der Waals surface area contributed by atoms with Crippen LogP contribution in [0.5, 0.6) is 0 Å². The lowest BCUT2D eigenvalue weighted by molar-refractivity contribution is 0.0968. The van der Waals surface area contributed by atoms with E-state index >= 15 is 0 Å². The van der Waals surface area contributed by atoms with Gasteiger partial charge in [0.2, 0.25) is 0 Å². The van der Waals surface area contributed by atoms with E-state index in [0.717, 1.165) is 13.0 Å². The monoisotopic (exact) mass is 221 g/mol. The van der Waals surface area contributed by atoms with E-state index < -0.39 is 0 Å². The molecule has 1 saturated heterocycles. The number of nitrogens with one attached hydrogen (secondary N) is 1. The Labute approximate surface area is 96.0 Å². The number of carbonyl (C=O) groups excluding carboxylic acids is 1. The highest BCUT2D eigenvalue weighted by Crippen LogP contribution is 2.13. The van der Waals surface area contributed by atoms with Gasteiger partial charge in [-0.25, -0.2) is 0 Å². The first-order valence-electron chi connectivity index (χ1n) is 6.02. The lowest BCUT2D eigenvalue weighted by Crippen LogP contribution is -2.34. The van der Waals surface area contributed by atoms with Gasteiger partial charge in [-0.2, -0.15) is 5.10 Å². The van der Waals surface area contributed by atoms with Gasteiger partial charge in [-0.1, -0.05) is 6.42 Å². The van der Waals surface area contributed by atoms with Crippen LogP contribution < -0.4 is 5.32 Å². The maximum absolute atomic E-state index is 11.8. The summed E-state index contributed by atoms with van der Waals surface area (Å²) < 4.78 is 1.67. The first kappa shape index (κ1) is 11.3. The fourth-order valence-corrected chi connectivity index (χ4v) is 2.17. The summed E-state index contributed by atoms with van der Waals surface area (Å²) in [5.41, 5.74) is 0.596. The number of rotatable bonds is 4. The van der Waals surface area contributed by atoms with Crippen molar-refractivity contribution >= 4 is 5.78 Å². The van der Waals surface area contributed by atoms with Crippen LogP contribution in [0.3, 0.4) is 0 Å². The minimum atomic E-state index is 0.160. The van der Waals surface area contributed by atoms with E-state index in [4.69, 9.17) is 0 Å². The molecule has 0 spiro atoms. The molecule has 1 aromatic heterocycles. The standard InChI is InChI=1S/C12H19N3O/c1-15-9-7-11(14-15)12(16)6-5-10-4-2-3-8-13-10/h7,9-10,13H,2-6,8H2,1H3. The molecule has 1 unspecified atom stereocenters. The molecule has 2 rings (SSSR count). The molecule has 1 aromatic rings. The SMILES string of the molecule is Cn1ccc(C(=O)CCC2CCCCN2)n1.